The molecule has 122 valence electrons. The molecule has 0 heterocycles. The summed E-state index contributed by atoms with van der Waals surface area (Å²) in [5.74, 6) is 1.29. The van der Waals surface area contributed by atoms with Gasteiger partial charge in [-0.3, -0.25) is 4.79 Å². The van der Waals surface area contributed by atoms with E-state index >= 15 is 0 Å². The molecule has 0 saturated heterocycles. The highest BCUT2D eigenvalue weighted by Crippen LogP contribution is 2.19. The normalized spacial score (nSPS) is 11.8. The molecule has 0 spiro atoms. The lowest BCUT2D eigenvalue weighted by molar-refractivity contribution is -0.130. The van der Waals surface area contributed by atoms with Gasteiger partial charge in [0.05, 0.1) is 7.11 Å². The van der Waals surface area contributed by atoms with Crippen LogP contribution in [-0.2, 0) is 11.2 Å². The lowest BCUT2D eigenvalue weighted by Gasteiger charge is -2.20. The summed E-state index contributed by atoms with van der Waals surface area (Å²) in [4.78, 5) is 14.2. The van der Waals surface area contributed by atoms with E-state index in [1.807, 2.05) is 54.4 Å². The molecule has 0 fully saturated rings. The molecule has 3 nitrogen and oxygen atoms in total. The summed E-state index contributed by atoms with van der Waals surface area (Å²) in [6, 6.07) is 18.2. The summed E-state index contributed by atoms with van der Waals surface area (Å²) >= 11 is 0. The SMILES string of the molecule is COc1ccc(CCN(C)C(=O)CC(C)c2ccccc2)cc1. The Bertz CT molecular complexity index is 607. The molecule has 1 atom stereocenters. The van der Waals surface area contributed by atoms with Gasteiger partial charge in [0.15, 0.2) is 0 Å². The Morgan fingerprint density at radius 3 is 2.35 bits per heavy atom. The van der Waals surface area contributed by atoms with E-state index in [1.165, 1.54) is 11.1 Å². The number of benzene rings is 2. The van der Waals surface area contributed by atoms with E-state index in [4.69, 9.17) is 4.74 Å². The highest BCUT2D eigenvalue weighted by atomic mass is 16.5. The summed E-state index contributed by atoms with van der Waals surface area (Å²) in [6.45, 7) is 2.83. The van der Waals surface area contributed by atoms with Crippen molar-refractivity contribution in [2.24, 2.45) is 0 Å². The number of methoxy groups -OCH3 is 1. The molecule has 0 N–H and O–H groups in total. The number of amides is 1. The van der Waals surface area contributed by atoms with Gasteiger partial charge in [0, 0.05) is 20.0 Å². The third-order valence-electron chi connectivity index (χ3n) is 4.17. The van der Waals surface area contributed by atoms with Gasteiger partial charge in [-0.2, -0.15) is 0 Å². The second kappa shape index (κ2) is 8.37. The Labute approximate surface area is 138 Å². The molecule has 0 aliphatic carbocycles. The molecule has 0 radical (unpaired) electrons. The van der Waals surface area contributed by atoms with Crippen molar-refractivity contribution < 1.29 is 9.53 Å². The Balaban J connectivity index is 1.82. The molecule has 0 aliphatic rings. The zero-order chi connectivity index (χ0) is 16.7. The van der Waals surface area contributed by atoms with Crippen LogP contribution in [0.3, 0.4) is 0 Å². The van der Waals surface area contributed by atoms with E-state index in [0.29, 0.717) is 6.42 Å². The Kier molecular flexibility index (Phi) is 6.21. The van der Waals surface area contributed by atoms with Crippen molar-refractivity contribution in [2.75, 3.05) is 20.7 Å². The quantitative estimate of drug-likeness (QED) is 0.776. The maximum atomic E-state index is 12.4. The number of ether oxygens (including phenoxy) is 1. The van der Waals surface area contributed by atoms with Crippen LogP contribution in [0.25, 0.3) is 0 Å². The van der Waals surface area contributed by atoms with Crippen molar-refractivity contribution in [1.82, 2.24) is 4.90 Å². The van der Waals surface area contributed by atoms with Crippen LogP contribution >= 0.6 is 0 Å². The number of rotatable bonds is 7. The van der Waals surface area contributed by atoms with Gasteiger partial charge < -0.3 is 9.64 Å². The molecular weight excluding hydrogens is 286 g/mol. The average molecular weight is 311 g/mol. The van der Waals surface area contributed by atoms with Gasteiger partial charge >= 0.3 is 0 Å². The van der Waals surface area contributed by atoms with Gasteiger partial charge in [-0.15, -0.1) is 0 Å². The fourth-order valence-corrected chi connectivity index (χ4v) is 2.53. The standard InChI is InChI=1S/C20H25NO2/c1-16(18-7-5-4-6-8-18)15-20(22)21(2)14-13-17-9-11-19(23-3)12-10-17/h4-12,16H,13-15H2,1-3H3. The lowest BCUT2D eigenvalue weighted by Crippen LogP contribution is -2.29. The van der Waals surface area contributed by atoms with E-state index in [1.54, 1.807) is 7.11 Å². The van der Waals surface area contributed by atoms with Gasteiger partial charge in [-0.25, -0.2) is 0 Å². The number of likely N-dealkylation sites (N-methyl/N-ethyl adjacent to an activating group) is 1. The number of carbonyl (C=O) groups excluding carboxylic acids is 1. The monoisotopic (exact) mass is 311 g/mol. The van der Waals surface area contributed by atoms with Crippen molar-refractivity contribution >= 4 is 5.91 Å². The van der Waals surface area contributed by atoms with Crippen molar-refractivity contribution in [2.45, 2.75) is 25.7 Å². The number of hydrogen-bond donors (Lipinski definition) is 0. The largest absolute Gasteiger partial charge is 0.497 e. The molecule has 1 amide bonds. The third-order valence-corrected chi connectivity index (χ3v) is 4.17. The summed E-state index contributed by atoms with van der Waals surface area (Å²) < 4.78 is 5.15. The summed E-state index contributed by atoms with van der Waals surface area (Å²) in [5.41, 5.74) is 2.42. The van der Waals surface area contributed by atoms with Crippen LogP contribution in [0.15, 0.2) is 54.6 Å². The minimum atomic E-state index is 0.190. The zero-order valence-corrected chi connectivity index (χ0v) is 14.2. The number of hydrogen-bond acceptors (Lipinski definition) is 2. The molecule has 0 aromatic heterocycles. The molecule has 1 unspecified atom stereocenters. The minimum Gasteiger partial charge on any atom is -0.497 e. The Morgan fingerprint density at radius 1 is 1.09 bits per heavy atom. The van der Waals surface area contributed by atoms with Crippen molar-refractivity contribution in [3.05, 3.63) is 65.7 Å². The number of nitrogens with zero attached hydrogens (tertiary/aromatic N) is 1. The summed E-state index contributed by atoms with van der Waals surface area (Å²) in [5, 5.41) is 0. The fraction of sp³-hybridized carbons (Fsp3) is 0.350. The molecule has 2 aromatic rings. The summed E-state index contributed by atoms with van der Waals surface area (Å²) in [7, 11) is 3.54. The molecular formula is C20H25NO2. The van der Waals surface area contributed by atoms with Crippen molar-refractivity contribution in [3.8, 4) is 5.75 Å². The minimum absolute atomic E-state index is 0.190. The number of carbonyl (C=O) groups is 1. The highest BCUT2D eigenvalue weighted by molar-refractivity contribution is 5.76. The van der Waals surface area contributed by atoms with E-state index in [0.717, 1.165) is 18.7 Å². The topological polar surface area (TPSA) is 29.5 Å². The first kappa shape index (κ1) is 17.1. The average Bonchev–Trinajstić information content (AvgIpc) is 2.60. The van der Waals surface area contributed by atoms with Crippen LogP contribution in [0.1, 0.15) is 30.4 Å². The van der Waals surface area contributed by atoms with Crippen LogP contribution in [-0.4, -0.2) is 31.5 Å². The highest BCUT2D eigenvalue weighted by Gasteiger charge is 2.14. The van der Waals surface area contributed by atoms with Crippen LogP contribution in [0.4, 0.5) is 0 Å². The maximum Gasteiger partial charge on any atom is 0.222 e. The summed E-state index contributed by atoms with van der Waals surface area (Å²) in [6.07, 6.45) is 1.40. The van der Waals surface area contributed by atoms with Gasteiger partial charge in [-0.05, 0) is 35.6 Å². The van der Waals surface area contributed by atoms with E-state index in [9.17, 15) is 4.79 Å². The van der Waals surface area contributed by atoms with Gasteiger partial charge in [0.1, 0.15) is 5.75 Å². The molecule has 0 bridgehead atoms. The molecule has 0 aliphatic heterocycles. The van der Waals surface area contributed by atoms with Gasteiger partial charge in [0.2, 0.25) is 5.91 Å². The first-order valence-electron chi connectivity index (χ1n) is 8.02. The van der Waals surface area contributed by atoms with Crippen molar-refractivity contribution in [1.29, 1.82) is 0 Å². The lowest BCUT2D eigenvalue weighted by atomic mass is 9.97. The first-order valence-corrected chi connectivity index (χ1v) is 8.02. The molecule has 3 heteroatoms. The molecule has 2 aromatic carbocycles. The Morgan fingerprint density at radius 2 is 1.74 bits per heavy atom. The van der Waals surface area contributed by atoms with Gasteiger partial charge in [0.25, 0.3) is 0 Å². The Hall–Kier alpha value is -2.29. The predicted molar refractivity (Wildman–Crippen MR) is 93.8 cm³/mol. The zero-order valence-electron chi connectivity index (χ0n) is 14.2. The second-order valence-corrected chi connectivity index (χ2v) is 5.93. The van der Waals surface area contributed by atoms with E-state index in [2.05, 4.69) is 19.1 Å². The first-order chi connectivity index (χ1) is 11.1. The predicted octanol–water partition coefficient (Wildman–Crippen LogP) is 3.89. The van der Waals surface area contributed by atoms with Crippen molar-refractivity contribution in [3.63, 3.8) is 0 Å². The van der Waals surface area contributed by atoms with Crippen LogP contribution in [0, 0.1) is 0 Å². The van der Waals surface area contributed by atoms with Crippen LogP contribution in [0.5, 0.6) is 5.75 Å². The van der Waals surface area contributed by atoms with E-state index in [-0.39, 0.29) is 11.8 Å². The maximum absolute atomic E-state index is 12.4. The molecule has 23 heavy (non-hydrogen) atoms. The van der Waals surface area contributed by atoms with Crippen LogP contribution in [0.2, 0.25) is 0 Å². The van der Waals surface area contributed by atoms with Crippen LogP contribution < -0.4 is 4.74 Å². The molecule has 0 saturated carbocycles. The fourth-order valence-electron chi connectivity index (χ4n) is 2.53. The van der Waals surface area contributed by atoms with E-state index < -0.39 is 0 Å². The third kappa shape index (κ3) is 5.13. The smallest absolute Gasteiger partial charge is 0.222 e. The second-order valence-electron chi connectivity index (χ2n) is 5.93. The molecule has 2 rings (SSSR count). The van der Waals surface area contributed by atoms with Gasteiger partial charge in [-0.1, -0.05) is 49.4 Å².